The smallest absolute Gasteiger partial charge is 0.322 e. The zero-order valence-electron chi connectivity index (χ0n) is 10.6. The van der Waals surface area contributed by atoms with Gasteiger partial charge in [-0.15, -0.1) is 13.2 Å². The molecule has 96 valence electrons. The van der Waals surface area contributed by atoms with Crippen LogP contribution in [-0.4, -0.2) is 31.1 Å². The van der Waals surface area contributed by atoms with E-state index in [4.69, 9.17) is 4.74 Å². The predicted molar refractivity (Wildman–Crippen MR) is 74.0 cm³/mol. The molecule has 0 heterocycles. The van der Waals surface area contributed by atoms with Gasteiger partial charge in [0.15, 0.2) is 0 Å². The Kier molecular flexibility index (Phi) is 5.51. The Balaban J connectivity index is 2.78. The van der Waals surface area contributed by atoms with Crippen LogP contribution in [0.2, 0.25) is 0 Å². The number of benzene rings is 1. The lowest BCUT2D eigenvalue weighted by molar-refractivity contribution is 0.222. The number of urea groups is 1. The summed E-state index contributed by atoms with van der Waals surface area (Å²) >= 11 is 0. The molecule has 1 rings (SSSR count). The molecule has 0 saturated heterocycles. The van der Waals surface area contributed by atoms with E-state index >= 15 is 0 Å². The molecule has 0 aliphatic rings. The van der Waals surface area contributed by atoms with Crippen molar-refractivity contribution in [3.8, 4) is 5.75 Å². The van der Waals surface area contributed by atoms with Gasteiger partial charge in [0, 0.05) is 13.1 Å². The van der Waals surface area contributed by atoms with Gasteiger partial charge in [0.2, 0.25) is 0 Å². The van der Waals surface area contributed by atoms with Crippen LogP contribution < -0.4 is 10.1 Å². The lowest BCUT2D eigenvalue weighted by atomic mass is 10.3. The monoisotopic (exact) mass is 246 g/mol. The van der Waals surface area contributed by atoms with Crippen LogP contribution in [0, 0.1) is 0 Å². The van der Waals surface area contributed by atoms with Crippen molar-refractivity contribution < 1.29 is 9.53 Å². The number of nitrogens with zero attached hydrogens (tertiary/aromatic N) is 1. The summed E-state index contributed by atoms with van der Waals surface area (Å²) in [7, 11) is 1.57. The molecule has 0 aliphatic carbocycles. The van der Waals surface area contributed by atoms with E-state index in [9.17, 15) is 4.79 Å². The van der Waals surface area contributed by atoms with Crippen molar-refractivity contribution in [2.45, 2.75) is 0 Å². The molecule has 4 heteroatoms. The number of amides is 2. The number of carbonyl (C=O) groups excluding carboxylic acids is 1. The van der Waals surface area contributed by atoms with Gasteiger partial charge in [0.05, 0.1) is 12.8 Å². The van der Waals surface area contributed by atoms with E-state index in [-0.39, 0.29) is 6.03 Å². The first kappa shape index (κ1) is 13.8. The standard InChI is InChI=1S/C14H18N2O2/c1-4-10-16(11-5-2)14(17)15-12-8-6-7-9-13(12)18-3/h4-9H,1-2,10-11H2,3H3,(H,15,17). The molecule has 1 N–H and O–H groups in total. The van der Waals surface area contributed by atoms with E-state index in [1.807, 2.05) is 12.1 Å². The number of nitrogens with one attached hydrogen (secondary N) is 1. The molecule has 0 bridgehead atoms. The minimum absolute atomic E-state index is 0.209. The summed E-state index contributed by atoms with van der Waals surface area (Å²) in [6.07, 6.45) is 3.34. The van der Waals surface area contributed by atoms with Crippen LogP contribution in [0.1, 0.15) is 0 Å². The number of ether oxygens (including phenoxy) is 1. The topological polar surface area (TPSA) is 41.6 Å². The Labute approximate surface area is 108 Å². The third-order valence-electron chi connectivity index (χ3n) is 2.33. The number of hydrogen-bond acceptors (Lipinski definition) is 2. The zero-order valence-corrected chi connectivity index (χ0v) is 10.6. The molecule has 4 nitrogen and oxygen atoms in total. The molecule has 0 atom stereocenters. The van der Waals surface area contributed by atoms with Gasteiger partial charge >= 0.3 is 6.03 Å². The van der Waals surface area contributed by atoms with Crippen molar-refractivity contribution in [3.05, 3.63) is 49.6 Å². The van der Waals surface area contributed by atoms with Gasteiger partial charge in [-0.25, -0.2) is 4.79 Å². The normalized spacial score (nSPS) is 9.39. The molecule has 18 heavy (non-hydrogen) atoms. The molecule has 0 saturated carbocycles. The van der Waals surface area contributed by atoms with Crippen molar-refractivity contribution in [3.63, 3.8) is 0 Å². The summed E-state index contributed by atoms with van der Waals surface area (Å²) in [5.74, 6) is 0.628. The molecule has 0 fully saturated rings. The minimum atomic E-state index is -0.209. The minimum Gasteiger partial charge on any atom is -0.495 e. The van der Waals surface area contributed by atoms with E-state index in [1.54, 1.807) is 36.3 Å². The molecule has 2 amide bonds. The lowest BCUT2D eigenvalue weighted by Gasteiger charge is -2.20. The third-order valence-corrected chi connectivity index (χ3v) is 2.33. The van der Waals surface area contributed by atoms with Crippen LogP contribution >= 0.6 is 0 Å². The van der Waals surface area contributed by atoms with Crippen molar-refractivity contribution in [2.75, 3.05) is 25.5 Å². The van der Waals surface area contributed by atoms with Crippen molar-refractivity contribution in [2.24, 2.45) is 0 Å². The first-order valence-corrected chi connectivity index (χ1v) is 5.63. The lowest BCUT2D eigenvalue weighted by Crippen LogP contribution is -2.35. The zero-order chi connectivity index (χ0) is 13.4. The van der Waals surface area contributed by atoms with Crippen molar-refractivity contribution >= 4 is 11.7 Å². The van der Waals surface area contributed by atoms with E-state index in [2.05, 4.69) is 18.5 Å². The molecule has 0 spiro atoms. The van der Waals surface area contributed by atoms with Gasteiger partial charge in [-0.2, -0.15) is 0 Å². The quantitative estimate of drug-likeness (QED) is 0.784. The SMILES string of the molecule is C=CCN(CC=C)C(=O)Nc1ccccc1OC. The van der Waals surface area contributed by atoms with E-state index < -0.39 is 0 Å². The Hall–Kier alpha value is -2.23. The Morgan fingerprint density at radius 2 is 1.94 bits per heavy atom. The number of para-hydroxylation sites is 2. The summed E-state index contributed by atoms with van der Waals surface area (Å²) in [6.45, 7) is 8.18. The van der Waals surface area contributed by atoms with Crippen molar-refractivity contribution in [1.82, 2.24) is 4.90 Å². The maximum absolute atomic E-state index is 12.0. The average molecular weight is 246 g/mol. The second kappa shape index (κ2) is 7.17. The van der Waals surface area contributed by atoms with Crippen LogP contribution in [0.3, 0.4) is 0 Å². The summed E-state index contributed by atoms with van der Waals surface area (Å²) < 4.78 is 5.17. The molecular weight excluding hydrogens is 228 g/mol. The number of rotatable bonds is 6. The third kappa shape index (κ3) is 3.66. The van der Waals surface area contributed by atoms with Gasteiger partial charge in [-0.1, -0.05) is 24.3 Å². The summed E-state index contributed by atoms with van der Waals surface area (Å²) in [6, 6.07) is 7.06. The Bertz CT molecular complexity index is 420. The van der Waals surface area contributed by atoms with Crippen LogP contribution in [0.4, 0.5) is 10.5 Å². The molecule has 0 aliphatic heterocycles. The predicted octanol–water partition coefficient (Wildman–Crippen LogP) is 2.90. The van der Waals surface area contributed by atoms with E-state index in [1.165, 1.54) is 0 Å². The van der Waals surface area contributed by atoms with E-state index in [0.717, 1.165) is 0 Å². The fourth-order valence-electron chi connectivity index (χ4n) is 1.49. The fourth-order valence-corrected chi connectivity index (χ4v) is 1.49. The molecule has 0 aromatic heterocycles. The molecule has 0 radical (unpaired) electrons. The first-order valence-electron chi connectivity index (χ1n) is 5.63. The first-order chi connectivity index (χ1) is 8.72. The highest BCUT2D eigenvalue weighted by atomic mass is 16.5. The largest absolute Gasteiger partial charge is 0.495 e. The summed E-state index contributed by atoms with van der Waals surface area (Å²) in [4.78, 5) is 13.6. The van der Waals surface area contributed by atoms with Gasteiger partial charge in [0.25, 0.3) is 0 Å². The van der Waals surface area contributed by atoms with Crippen LogP contribution in [0.25, 0.3) is 0 Å². The maximum Gasteiger partial charge on any atom is 0.322 e. The average Bonchev–Trinajstić information content (AvgIpc) is 2.39. The Morgan fingerprint density at radius 3 is 2.50 bits per heavy atom. The second-order valence-corrected chi connectivity index (χ2v) is 3.61. The molecule has 1 aromatic rings. The van der Waals surface area contributed by atoms with Crippen LogP contribution in [0.5, 0.6) is 5.75 Å². The molecular formula is C14H18N2O2. The van der Waals surface area contributed by atoms with Crippen LogP contribution in [0.15, 0.2) is 49.6 Å². The van der Waals surface area contributed by atoms with Crippen molar-refractivity contribution in [1.29, 1.82) is 0 Å². The van der Waals surface area contributed by atoms with Gasteiger partial charge in [-0.05, 0) is 12.1 Å². The summed E-state index contributed by atoms with van der Waals surface area (Å²) in [5.41, 5.74) is 0.642. The highest BCUT2D eigenvalue weighted by Gasteiger charge is 2.12. The second-order valence-electron chi connectivity index (χ2n) is 3.61. The highest BCUT2D eigenvalue weighted by Crippen LogP contribution is 2.23. The van der Waals surface area contributed by atoms with Gasteiger partial charge < -0.3 is 15.0 Å². The summed E-state index contributed by atoms with van der Waals surface area (Å²) in [5, 5.41) is 2.80. The number of carbonyl (C=O) groups is 1. The number of hydrogen-bond donors (Lipinski definition) is 1. The highest BCUT2D eigenvalue weighted by molar-refractivity contribution is 5.91. The van der Waals surface area contributed by atoms with Gasteiger partial charge in [-0.3, -0.25) is 0 Å². The van der Waals surface area contributed by atoms with Gasteiger partial charge in [0.1, 0.15) is 5.75 Å². The maximum atomic E-state index is 12.0. The number of anilines is 1. The van der Waals surface area contributed by atoms with E-state index in [0.29, 0.717) is 24.5 Å². The fraction of sp³-hybridized carbons (Fsp3) is 0.214. The number of methoxy groups -OCH3 is 1. The molecule has 0 unspecified atom stereocenters. The van der Waals surface area contributed by atoms with Crippen LogP contribution in [-0.2, 0) is 0 Å². The Morgan fingerprint density at radius 1 is 1.33 bits per heavy atom. The molecule has 1 aromatic carbocycles.